The van der Waals surface area contributed by atoms with Gasteiger partial charge in [0, 0.05) is 37.4 Å². The van der Waals surface area contributed by atoms with Crippen molar-refractivity contribution in [3.05, 3.63) is 180 Å². The van der Waals surface area contributed by atoms with Crippen LogP contribution in [-0.2, 0) is 0 Å². The fraction of sp³-hybridized carbons (Fsp3) is 0.0213. The van der Waals surface area contributed by atoms with E-state index in [1.165, 1.54) is 37.2 Å². The molecule has 1 N–H and O–H groups in total. The Kier molecular flexibility index (Phi) is 6.45. The number of thiophene rings is 1. The quantitative estimate of drug-likeness (QED) is 0.188. The standard InChI is InChI=1S/C47H29N3OS/c1-2-13-28(14-3-1)45-48-46(32-18-12-17-31(26-32)41-33-19-6-4-15-29(33)25-30-16-5-7-20-34(30)41)50-47(49-45)38-27-37-35-21-8-10-23-39(35)51-43(37)42-36-22-9-11-24-40(36)52-44(38)42/h1-27,45H,(H,48,49,50). The molecule has 1 aliphatic rings. The van der Waals surface area contributed by atoms with Crippen LogP contribution in [-0.4, -0.2) is 11.7 Å². The molecule has 11 rings (SSSR count). The van der Waals surface area contributed by atoms with Gasteiger partial charge in [-0.15, -0.1) is 11.3 Å². The molecule has 5 heteroatoms. The maximum absolute atomic E-state index is 6.59. The van der Waals surface area contributed by atoms with E-state index in [9.17, 15) is 0 Å². The normalized spacial score (nSPS) is 14.7. The Morgan fingerprint density at radius 3 is 2.04 bits per heavy atom. The third-order valence-electron chi connectivity index (χ3n) is 10.3. The van der Waals surface area contributed by atoms with Crippen LogP contribution in [0.2, 0.25) is 0 Å². The molecule has 0 spiro atoms. The number of fused-ring (bicyclic) bond motifs is 9. The number of benzene rings is 8. The number of hydrogen-bond donors (Lipinski definition) is 1. The van der Waals surface area contributed by atoms with Gasteiger partial charge in [-0.25, -0.2) is 9.98 Å². The molecule has 0 saturated heterocycles. The largest absolute Gasteiger partial charge is 0.455 e. The van der Waals surface area contributed by atoms with Crippen molar-refractivity contribution < 1.29 is 4.42 Å². The third-order valence-corrected chi connectivity index (χ3v) is 11.5. The minimum Gasteiger partial charge on any atom is -0.455 e. The lowest BCUT2D eigenvalue weighted by atomic mass is 9.91. The van der Waals surface area contributed by atoms with E-state index in [-0.39, 0.29) is 6.17 Å². The van der Waals surface area contributed by atoms with Crippen molar-refractivity contribution in [2.24, 2.45) is 9.98 Å². The summed E-state index contributed by atoms with van der Waals surface area (Å²) in [5, 5.41) is 13.1. The van der Waals surface area contributed by atoms with Gasteiger partial charge in [-0.2, -0.15) is 0 Å². The lowest BCUT2D eigenvalue weighted by molar-refractivity contribution is 0.672. The highest BCUT2D eigenvalue weighted by atomic mass is 32.1. The highest BCUT2D eigenvalue weighted by Crippen LogP contribution is 2.44. The predicted molar refractivity (Wildman–Crippen MR) is 219 cm³/mol. The molecule has 0 radical (unpaired) electrons. The molecule has 0 amide bonds. The number of aliphatic imine (C=N–C) groups is 2. The molecule has 244 valence electrons. The van der Waals surface area contributed by atoms with E-state index in [1.807, 2.05) is 18.2 Å². The zero-order chi connectivity index (χ0) is 34.2. The SMILES string of the molecule is c1ccc(C2N=C(c3cccc(-c4c5ccccc5cc5ccccc45)c3)N=C(c3cc4c5ccccc5oc4c4c3sc3ccccc34)N2)cc1. The van der Waals surface area contributed by atoms with Crippen molar-refractivity contribution in [1.82, 2.24) is 5.32 Å². The van der Waals surface area contributed by atoms with Crippen molar-refractivity contribution in [1.29, 1.82) is 0 Å². The van der Waals surface area contributed by atoms with Gasteiger partial charge in [0.05, 0.1) is 4.70 Å². The summed E-state index contributed by atoms with van der Waals surface area (Å²) in [7, 11) is 0. The molecule has 4 nitrogen and oxygen atoms in total. The van der Waals surface area contributed by atoms with Crippen LogP contribution in [0, 0.1) is 0 Å². The topological polar surface area (TPSA) is 49.9 Å². The Labute approximate surface area is 303 Å². The van der Waals surface area contributed by atoms with Gasteiger partial charge in [0.25, 0.3) is 0 Å². The van der Waals surface area contributed by atoms with Crippen molar-refractivity contribution in [2.75, 3.05) is 0 Å². The van der Waals surface area contributed by atoms with Crippen LogP contribution < -0.4 is 5.32 Å². The van der Waals surface area contributed by atoms with Gasteiger partial charge in [-0.3, -0.25) is 0 Å². The Morgan fingerprint density at radius 1 is 0.558 bits per heavy atom. The Bertz CT molecular complexity index is 3060. The van der Waals surface area contributed by atoms with Gasteiger partial charge in [-0.05, 0) is 68.6 Å². The number of nitrogens with one attached hydrogen (secondary N) is 1. The third kappa shape index (κ3) is 4.53. The van der Waals surface area contributed by atoms with E-state index in [2.05, 4.69) is 151 Å². The second-order valence-electron chi connectivity index (χ2n) is 13.3. The molecule has 3 heterocycles. The van der Waals surface area contributed by atoms with Crippen LogP contribution in [0.3, 0.4) is 0 Å². The summed E-state index contributed by atoms with van der Waals surface area (Å²) in [5.74, 6) is 1.49. The maximum atomic E-state index is 6.59. The van der Waals surface area contributed by atoms with Crippen molar-refractivity contribution in [3.63, 3.8) is 0 Å². The Balaban J connectivity index is 1.15. The fourth-order valence-corrected chi connectivity index (χ4v) is 9.12. The van der Waals surface area contributed by atoms with E-state index >= 15 is 0 Å². The molecule has 10 aromatic rings. The number of rotatable bonds is 4. The number of para-hydroxylation sites is 1. The molecule has 8 aromatic carbocycles. The molecular weight excluding hydrogens is 655 g/mol. The van der Waals surface area contributed by atoms with Gasteiger partial charge < -0.3 is 9.73 Å². The van der Waals surface area contributed by atoms with Crippen LogP contribution in [0.4, 0.5) is 0 Å². The van der Waals surface area contributed by atoms with Crippen molar-refractivity contribution >= 4 is 86.7 Å². The average Bonchev–Trinajstić information content (AvgIpc) is 3.78. The average molecular weight is 684 g/mol. The molecule has 2 aromatic heterocycles. The van der Waals surface area contributed by atoms with Crippen LogP contribution >= 0.6 is 11.3 Å². The summed E-state index contributed by atoms with van der Waals surface area (Å²) >= 11 is 1.78. The zero-order valence-corrected chi connectivity index (χ0v) is 28.7. The summed E-state index contributed by atoms with van der Waals surface area (Å²) in [4.78, 5) is 10.7. The number of hydrogen-bond acceptors (Lipinski definition) is 5. The van der Waals surface area contributed by atoms with Crippen LogP contribution in [0.15, 0.2) is 178 Å². The summed E-state index contributed by atoms with van der Waals surface area (Å²) in [5.41, 5.74) is 7.24. The molecule has 0 aliphatic carbocycles. The van der Waals surface area contributed by atoms with Gasteiger partial charge in [0.1, 0.15) is 23.2 Å². The smallest absolute Gasteiger partial charge is 0.159 e. The second-order valence-corrected chi connectivity index (χ2v) is 14.4. The van der Waals surface area contributed by atoms with Crippen LogP contribution in [0.1, 0.15) is 22.9 Å². The van der Waals surface area contributed by atoms with Crippen molar-refractivity contribution in [3.8, 4) is 11.1 Å². The zero-order valence-electron chi connectivity index (χ0n) is 27.9. The first-order valence-electron chi connectivity index (χ1n) is 17.5. The molecular formula is C47H29N3OS. The molecule has 0 fully saturated rings. The van der Waals surface area contributed by atoms with E-state index in [0.29, 0.717) is 5.84 Å². The molecule has 0 saturated carbocycles. The van der Waals surface area contributed by atoms with E-state index in [4.69, 9.17) is 14.4 Å². The van der Waals surface area contributed by atoms with Gasteiger partial charge >= 0.3 is 0 Å². The molecule has 1 unspecified atom stereocenters. The van der Waals surface area contributed by atoms with E-state index < -0.39 is 0 Å². The molecule has 1 aliphatic heterocycles. The summed E-state index contributed by atoms with van der Waals surface area (Å²) < 4.78 is 8.95. The predicted octanol–water partition coefficient (Wildman–Crippen LogP) is 12.4. The van der Waals surface area contributed by atoms with Crippen LogP contribution in [0.5, 0.6) is 0 Å². The lowest BCUT2D eigenvalue weighted by Crippen LogP contribution is -2.33. The maximum Gasteiger partial charge on any atom is 0.159 e. The van der Waals surface area contributed by atoms with Gasteiger partial charge in [0.15, 0.2) is 5.84 Å². The van der Waals surface area contributed by atoms with Crippen molar-refractivity contribution in [2.45, 2.75) is 6.17 Å². The minimum absolute atomic E-state index is 0.327. The molecule has 1 atom stereocenters. The Hall–Kier alpha value is -6.56. The lowest BCUT2D eigenvalue weighted by Gasteiger charge is -2.24. The molecule has 0 bridgehead atoms. The minimum atomic E-state index is -0.327. The fourth-order valence-electron chi connectivity index (χ4n) is 7.90. The monoisotopic (exact) mass is 683 g/mol. The first-order valence-corrected chi connectivity index (χ1v) is 18.3. The number of nitrogens with zero attached hydrogens (tertiary/aromatic N) is 2. The van der Waals surface area contributed by atoms with Crippen LogP contribution in [0.25, 0.3) is 74.8 Å². The first-order chi connectivity index (χ1) is 25.8. The Morgan fingerprint density at radius 2 is 1.23 bits per heavy atom. The summed E-state index contributed by atoms with van der Waals surface area (Å²) in [6.07, 6.45) is -0.327. The van der Waals surface area contributed by atoms with E-state index in [1.54, 1.807) is 11.3 Å². The summed E-state index contributed by atoms with van der Waals surface area (Å²) in [6.45, 7) is 0. The number of furan rings is 1. The van der Waals surface area contributed by atoms with Gasteiger partial charge in [0.2, 0.25) is 0 Å². The highest BCUT2D eigenvalue weighted by molar-refractivity contribution is 7.26. The number of amidine groups is 2. The van der Waals surface area contributed by atoms with Gasteiger partial charge in [-0.1, -0.05) is 133 Å². The molecule has 52 heavy (non-hydrogen) atoms. The summed E-state index contributed by atoms with van der Waals surface area (Å²) in [6, 6.07) is 57.9. The van der Waals surface area contributed by atoms with E-state index in [0.717, 1.165) is 60.1 Å². The highest BCUT2D eigenvalue weighted by Gasteiger charge is 2.26. The first kappa shape index (κ1) is 29.2. The second kappa shape index (κ2) is 11.5.